The van der Waals surface area contributed by atoms with Crippen molar-refractivity contribution in [3.05, 3.63) is 101 Å². The maximum atomic E-state index is 15.2. The zero-order valence-corrected chi connectivity index (χ0v) is 18.9. The first kappa shape index (κ1) is 24.6. The van der Waals surface area contributed by atoms with Crippen LogP contribution >= 0.6 is 0 Å². The molecule has 0 heterocycles. The van der Waals surface area contributed by atoms with Gasteiger partial charge in [-0.1, -0.05) is 49.4 Å². The molecule has 7 heteroatoms. The molecule has 0 bridgehead atoms. The normalized spacial score (nSPS) is 11.7. The van der Waals surface area contributed by atoms with E-state index in [4.69, 9.17) is 0 Å². The molecule has 0 atom stereocenters. The molecular weight excluding hydrogens is 466 g/mol. The van der Waals surface area contributed by atoms with Crippen LogP contribution in [-0.2, 0) is 19.3 Å². The smallest absolute Gasteiger partial charge is 0.422 e. The highest BCUT2D eigenvalue weighted by molar-refractivity contribution is 5.88. The Bertz CT molecular complexity index is 1360. The van der Waals surface area contributed by atoms with Crippen LogP contribution in [0.2, 0.25) is 0 Å². The van der Waals surface area contributed by atoms with Gasteiger partial charge in [0.15, 0.2) is 18.2 Å². The second kappa shape index (κ2) is 10.0. The second-order valence-electron chi connectivity index (χ2n) is 8.31. The van der Waals surface area contributed by atoms with E-state index in [1.165, 1.54) is 12.1 Å². The third-order valence-corrected chi connectivity index (χ3v) is 5.86. The summed E-state index contributed by atoms with van der Waals surface area (Å²) < 4.78 is 85.0. The van der Waals surface area contributed by atoms with Crippen molar-refractivity contribution >= 4 is 10.8 Å². The topological polar surface area (TPSA) is 9.23 Å². The summed E-state index contributed by atoms with van der Waals surface area (Å²) in [6.45, 7) is 0.368. The monoisotopic (exact) mass is 488 g/mol. The number of benzene rings is 4. The van der Waals surface area contributed by atoms with Crippen LogP contribution in [0, 0.1) is 17.5 Å². The predicted octanol–water partition coefficient (Wildman–Crippen LogP) is 8.21. The van der Waals surface area contributed by atoms with E-state index in [2.05, 4.69) is 4.74 Å². The highest BCUT2D eigenvalue weighted by Crippen LogP contribution is 2.30. The van der Waals surface area contributed by atoms with Crippen molar-refractivity contribution in [2.75, 3.05) is 6.61 Å². The highest BCUT2D eigenvalue weighted by Gasteiger charge is 2.29. The summed E-state index contributed by atoms with van der Waals surface area (Å²) in [5.41, 5.74) is 2.90. The van der Waals surface area contributed by atoms with E-state index >= 15 is 4.39 Å². The van der Waals surface area contributed by atoms with Crippen molar-refractivity contribution in [2.24, 2.45) is 0 Å². The first-order chi connectivity index (χ1) is 16.6. The van der Waals surface area contributed by atoms with Crippen molar-refractivity contribution in [3.8, 4) is 16.9 Å². The lowest BCUT2D eigenvalue weighted by Crippen LogP contribution is -2.19. The van der Waals surface area contributed by atoms with Gasteiger partial charge in [0.05, 0.1) is 0 Å². The van der Waals surface area contributed by atoms with Crippen molar-refractivity contribution < 1.29 is 31.1 Å². The van der Waals surface area contributed by atoms with E-state index < -0.39 is 30.2 Å². The second-order valence-corrected chi connectivity index (χ2v) is 8.31. The van der Waals surface area contributed by atoms with Crippen LogP contribution in [-0.4, -0.2) is 12.8 Å². The molecule has 0 N–H and O–H groups in total. The summed E-state index contributed by atoms with van der Waals surface area (Å²) in [7, 11) is 0. The fourth-order valence-corrected chi connectivity index (χ4v) is 3.97. The average molecular weight is 488 g/mol. The first-order valence-corrected chi connectivity index (χ1v) is 11.1. The van der Waals surface area contributed by atoms with Crippen LogP contribution in [0.1, 0.15) is 23.6 Å². The Morgan fingerprint density at radius 1 is 0.743 bits per heavy atom. The molecule has 4 rings (SSSR count). The van der Waals surface area contributed by atoms with E-state index in [1.807, 2.05) is 13.0 Å². The molecule has 0 saturated carbocycles. The van der Waals surface area contributed by atoms with Gasteiger partial charge in [-0.2, -0.15) is 13.2 Å². The molecule has 0 spiro atoms. The molecule has 0 aliphatic rings. The number of hydrogen-bond donors (Lipinski definition) is 0. The molecule has 182 valence electrons. The van der Waals surface area contributed by atoms with Crippen molar-refractivity contribution in [1.29, 1.82) is 0 Å². The number of halogens is 6. The Hall–Kier alpha value is -3.48. The molecule has 0 unspecified atom stereocenters. The van der Waals surface area contributed by atoms with Crippen LogP contribution in [0.3, 0.4) is 0 Å². The summed E-state index contributed by atoms with van der Waals surface area (Å²) in [6.07, 6.45) is -3.29. The van der Waals surface area contributed by atoms with Gasteiger partial charge >= 0.3 is 6.18 Å². The fourth-order valence-electron chi connectivity index (χ4n) is 3.97. The third-order valence-electron chi connectivity index (χ3n) is 5.86. The van der Waals surface area contributed by atoms with E-state index in [0.717, 1.165) is 24.1 Å². The summed E-state index contributed by atoms with van der Waals surface area (Å²) in [5, 5.41) is 1.01. The number of ether oxygens (including phenoxy) is 1. The molecule has 0 saturated heterocycles. The summed E-state index contributed by atoms with van der Waals surface area (Å²) in [5.74, 6) is -2.14. The van der Waals surface area contributed by atoms with Gasteiger partial charge in [0.1, 0.15) is 11.6 Å². The number of fused-ring (bicyclic) bond motifs is 1. The molecule has 1 nitrogen and oxygen atoms in total. The van der Waals surface area contributed by atoms with Crippen molar-refractivity contribution in [2.45, 2.75) is 32.4 Å². The SMILES string of the molecule is CCc1ccc(-c2ccc3c(F)c(CCc4ccc(OCC(F)(F)F)c(F)c4)ccc3c2)c(F)c1. The Balaban J connectivity index is 1.50. The van der Waals surface area contributed by atoms with Crippen molar-refractivity contribution in [1.82, 2.24) is 0 Å². The van der Waals surface area contributed by atoms with Crippen LogP contribution in [0.5, 0.6) is 5.75 Å². The van der Waals surface area contributed by atoms with Gasteiger partial charge in [0.25, 0.3) is 0 Å². The lowest BCUT2D eigenvalue weighted by atomic mass is 9.96. The molecular formula is C28H22F6O. The largest absolute Gasteiger partial charge is 0.481 e. The Morgan fingerprint density at radius 3 is 2.17 bits per heavy atom. The number of hydrogen-bond acceptors (Lipinski definition) is 1. The first-order valence-electron chi connectivity index (χ1n) is 11.1. The van der Waals surface area contributed by atoms with Crippen molar-refractivity contribution in [3.63, 3.8) is 0 Å². The minimum atomic E-state index is -4.56. The minimum Gasteiger partial charge on any atom is -0.481 e. The third kappa shape index (κ3) is 5.78. The predicted molar refractivity (Wildman–Crippen MR) is 124 cm³/mol. The maximum Gasteiger partial charge on any atom is 0.422 e. The lowest BCUT2D eigenvalue weighted by molar-refractivity contribution is -0.153. The fraction of sp³-hybridized carbons (Fsp3) is 0.214. The van der Waals surface area contributed by atoms with Gasteiger partial charge < -0.3 is 4.74 Å². The molecule has 0 radical (unpaired) electrons. The lowest BCUT2D eigenvalue weighted by Gasteiger charge is -2.12. The van der Waals surface area contributed by atoms with E-state index in [-0.39, 0.29) is 18.7 Å². The van der Waals surface area contributed by atoms with Gasteiger partial charge in [0.2, 0.25) is 0 Å². The minimum absolute atomic E-state index is 0.263. The quantitative estimate of drug-likeness (QED) is 0.238. The van der Waals surface area contributed by atoms with E-state index in [9.17, 15) is 22.0 Å². The van der Waals surface area contributed by atoms with Gasteiger partial charge in [0, 0.05) is 10.9 Å². The standard InChI is InChI=1S/C28H22F6O/c1-2-17-4-10-22(24(29)13-17)20-9-11-23-21(15-20)8-7-19(27(23)31)6-3-18-5-12-26(25(30)14-18)35-16-28(32,33)34/h4-5,7-15H,2-3,6,16H2,1H3. The zero-order valence-electron chi connectivity index (χ0n) is 18.9. The molecule has 0 aliphatic carbocycles. The van der Waals surface area contributed by atoms with E-state index in [0.29, 0.717) is 33.0 Å². The summed E-state index contributed by atoms with van der Waals surface area (Å²) >= 11 is 0. The number of rotatable bonds is 7. The maximum absolute atomic E-state index is 15.2. The summed E-state index contributed by atoms with van der Waals surface area (Å²) in [4.78, 5) is 0. The summed E-state index contributed by atoms with van der Waals surface area (Å²) in [6, 6.07) is 17.2. The number of aryl methyl sites for hydroxylation is 3. The van der Waals surface area contributed by atoms with Gasteiger partial charge in [-0.05, 0) is 71.2 Å². The molecule has 0 fully saturated rings. The van der Waals surface area contributed by atoms with Gasteiger partial charge in [-0.25, -0.2) is 13.2 Å². The molecule has 35 heavy (non-hydrogen) atoms. The highest BCUT2D eigenvalue weighted by atomic mass is 19.4. The Labute approximate surface area is 199 Å². The molecule has 0 aliphatic heterocycles. The number of alkyl halides is 3. The molecule has 4 aromatic rings. The van der Waals surface area contributed by atoms with Gasteiger partial charge in [-0.3, -0.25) is 0 Å². The zero-order chi connectivity index (χ0) is 25.2. The van der Waals surface area contributed by atoms with Crippen LogP contribution in [0.4, 0.5) is 26.3 Å². The van der Waals surface area contributed by atoms with Gasteiger partial charge in [-0.15, -0.1) is 0 Å². The van der Waals surface area contributed by atoms with Crippen LogP contribution in [0.15, 0.2) is 66.7 Å². The molecule has 0 aromatic heterocycles. The van der Waals surface area contributed by atoms with Crippen LogP contribution < -0.4 is 4.74 Å². The average Bonchev–Trinajstić information content (AvgIpc) is 2.82. The molecule has 4 aromatic carbocycles. The van der Waals surface area contributed by atoms with Crippen LogP contribution in [0.25, 0.3) is 21.9 Å². The molecule has 0 amide bonds. The Kier molecular flexibility index (Phi) is 7.05. The Morgan fingerprint density at radius 2 is 1.49 bits per heavy atom. The van der Waals surface area contributed by atoms with E-state index in [1.54, 1.807) is 36.4 Å².